The number of nitriles is 1. The first-order valence-corrected chi connectivity index (χ1v) is 6.26. The number of rotatable bonds is 3. The van der Waals surface area contributed by atoms with Crippen LogP contribution in [-0.4, -0.2) is 17.0 Å². The van der Waals surface area contributed by atoms with E-state index in [1.165, 1.54) is 12.1 Å². The number of nitrogens with zero attached hydrogens (tertiary/aromatic N) is 1. The standard InChI is InChI=1S/C14H13FN2O3/c15-11-6-8(7-16)4-5-12(11)17-13(18)9-2-1-3-10(9)14(19)20/h4-6,9-10H,1-3H2,(H,17,18)(H,19,20)/t9-,10+/m1/s1. The molecule has 0 heterocycles. The summed E-state index contributed by atoms with van der Waals surface area (Å²) in [6, 6.07) is 5.51. The number of amides is 1. The third-order valence-electron chi connectivity index (χ3n) is 3.53. The fourth-order valence-electron chi connectivity index (χ4n) is 2.48. The van der Waals surface area contributed by atoms with Gasteiger partial charge < -0.3 is 10.4 Å². The second-order valence-electron chi connectivity index (χ2n) is 4.78. The molecule has 0 spiro atoms. The minimum atomic E-state index is -0.997. The van der Waals surface area contributed by atoms with Crippen molar-refractivity contribution >= 4 is 17.6 Å². The van der Waals surface area contributed by atoms with Crippen LogP contribution >= 0.6 is 0 Å². The van der Waals surface area contributed by atoms with Crippen molar-refractivity contribution in [3.8, 4) is 6.07 Å². The summed E-state index contributed by atoms with van der Waals surface area (Å²) >= 11 is 0. The lowest BCUT2D eigenvalue weighted by molar-refractivity contribution is -0.145. The Kier molecular flexibility index (Phi) is 3.99. The molecule has 1 saturated carbocycles. The van der Waals surface area contributed by atoms with Gasteiger partial charge >= 0.3 is 5.97 Å². The first kappa shape index (κ1) is 14.0. The number of nitrogens with one attached hydrogen (secondary N) is 1. The zero-order valence-corrected chi connectivity index (χ0v) is 10.6. The molecule has 1 aliphatic carbocycles. The van der Waals surface area contributed by atoms with E-state index < -0.39 is 29.5 Å². The highest BCUT2D eigenvalue weighted by molar-refractivity contribution is 5.95. The predicted molar refractivity (Wildman–Crippen MR) is 68.2 cm³/mol. The minimum Gasteiger partial charge on any atom is -0.481 e. The van der Waals surface area contributed by atoms with Gasteiger partial charge in [-0.15, -0.1) is 0 Å². The van der Waals surface area contributed by atoms with Crippen LogP contribution in [0.2, 0.25) is 0 Å². The Hall–Kier alpha value is -2.42. The average Bonchev–Trinajstić information content (AvgIpc) is 2.90. The van der Waals surface area contributed by atoms with E-state index in [4.69, 9.17) is 10.4 Å². The van der Waals surface area contributed by atoms with E-state index in [-0.39, 0.29) is 11.3 Å². The normalized spacial score (nSPS) is 21.2. The molecule has 2 rings (SSSR count). The maximum atomic E-state index is 13.7. The number of anilines is 1. The van der Waals surface area contributed by atoms with Crippen LogP contribution < -0.4 is 5.32 Å². The van der Waals surface area contributed by atoms with Gasteiger partial charge in [-0.1, -0.05) is 6.42 Å². The Bertz CT molecular complexity index is 595. The van der Waals surface area contributed by atoms with Gasteiger partial charge in [-0.2, -0.15) is 5.26 Å². The molecular weight excluding hydrogens is 263 g/mol. The molecule has 20 heavy (non-hydrogen) atoms. The van der Waals surface area contributed by atoms with E-state index in [1.54, 1.807) is 6.07 Å². The van der Waals surface area contributed by atoms with Gasteiger partial charge in [0.1, 0.15) is 5.82 Å². The van der Waals surface area contributed by atoms with Gasteiger partial charge in [0.2, 0.25) is 5.91 Å². The van der Waals surface area contributed by atoms with Gasteiger partial charge in [0.15, 0.2) is 0 Å². The molecule has 6 heteroatoms. The van der Waals surface area contributed by atoms with Crippen LogP contribution in [0.1, 0.15) is 24.8 Å². The van der Waals surface area contributed by atoms with Crippen molar-refractivity contribution in [2.24, 2.45) is 11.8 Å². The summed E-state index contributed by atoms with van der Waals surface area (Å²) in [4.78, 5) is 23.1. The van der Waals surface area contributed by atoms with Gasteiger partial charge in [-0.05, 0) is 31.0 Å². The lowest BCUT2D eigenvalue weighted by Gasteiger charge is -2.15. The number of carbonyl (C=O) groups is 2. The van der Waals surface area contributed by atoms with Crippen molar-refractivity contribution in [3.05, 3.63) is 29.6 Å². The first-order valence-electron chi connectivity index (χ1n) is 6.26. The van der Waals surface area contributed by atoms with E-state index >= 15 is 0 Å². The minimum absolute atomic E-state index is 0.0370. The number of benzene rings is 1. The molecule has 0 radical (unpaired) electrons. The number of carboxylic acid groups (broad SMARTS) is 1. The van der Waals surface area contributed by atoms with Crippen LogP contribution in [0.5, 0.6) is 0 Å². The Balaban J connectivity index is 2.12. The lowest BCUT2D eigenvalue weighted by Crippen LogP contribution is -2.30. The molecule has 1 amide bonds. The summed E-state index contributed by atoms with van der Waals surface area (Å²) in [5.74, 6) is -3.54. The second kappa shape index (κ2) is 5.70. The third-order valence-corrected chi connectivity index (χ3v) is 3.53. The SMILES string of the molecule is N#Cc1ccc(NC(=O)[C@@H]2CCC[C@@H]2C(=O)O)c(F)c1. The molecule has 104 valence electrons. The maximum Gasteiger partial charge on any atom is 0.307 e. The average molecular weight is 276 g/mol. The number of aliphatic carboxylic acids is 1. The van der Waals surface area contributed by atoms with E-state index in [0.717, 1.165) is 6.07 Å². The van der Waals surface area contributed by atoms with Gasteiger partial charge in [-0.3, -0.25) is 9.59 Å². The smallest absolute Gasteiger partial charge is 0.307 e. The molecule has 1 fully saturated rings. The van der Waals surface area contributed by atoms with Crippen molar-refractivity contribution in [1.29, 1.82) is 5.26 Å². The number of hydrogen-bond acceptors (Lipinski definition) is 3. The highest BCUT2D eigenvalue weighted by atomic mass is 19.1. The number of hydrogen-bond donors (Lipinski definition) is 2. The quantitative estimate of drug-likeness (QED) is 0.884. The molecule has 0 bridgehead atoms. The van der Waals surface area contributed by atoms with Crippen molar-refractivity contribution in [2.75, 3.05) is 5.32 Å². The molecule has 0 aromatic heterocycles. The van der Waals surface area contributed by atoms with Crippen LogP contribution in [0.3, 0.4) is 0 Å². The highest BCUT2D eigenvalue weighted by Crippen LogP contribution is 2.33. The Morgan fingerprint density at radius 3 is 2.65 bits per heavy atom. The maximum absolute atomic E-state index is 13.7. The van der Waals surface area contributed by atoms with Crippen LogP contribution in [-0.2, 0) is 9.59 Å². The van der Waals surface area contributed by atoms with E-state index in [9.17, 15) is 14.0 Å². The summed E-state index contributed by atoms with van der Waals surface area (Å²) < 4.78 is 13.7. The predicted octanol–water partition coefficient (Wildman–Crippen LogP) is 2.14. The van der Waals surface area contributed by atoms with Crippen molar-refractivity contribution < 1.29 is 19.1 Å². The van der Waals surface area contributed by atoms with E-state index in [2.05, 4.69) is 5.32 Å². The Morgan fingerprint density at radius 2 is 2.05 bits per heavy atom. The van der Waals surface area contributed by atoms with Crippen molar-refractivity contribution in [3.63, 3.8) is 0 Å². The molecule has 0 unspecified atom stereocenters. The molecule has 1 aliphatic rings. The number of halogens is 1. The third kappa shape index (κ3) is 2.77. The zero-order valence-electron chi connectivity index (χ0n) is 10.6. The fourth-order valence-corrected chi connectivity index (χ4v) is 2.48. The summed E-state index contributed by atoms with van der Waals surface area (Å²) in [5.41, 5.74) is 0.120. The Labute approximate surface area is 115 Å². The molecular formula is C14H13FN2O3. The first-order chi connectivity index (χ1) is 9.52. The van der Waals surface area contributed by atoms with Gasteiger partial charge in [-0.25, -0.2) is 4.39 Å². The van der Waals surface area contributed by atoms with E-state index in [1.807, 2.05) is 0 Å². The lowest BCUT2D eigenvalue weighted by atomic mass is 9.95. The molecule has 0 aliphatic heterocycles. The number of carbonyl (C=O) groups excluding carboxylic acids is 1. The van der Waals surface area contributed by atoms with Gasteiger partial charge in [0.25, 0.3) is 0 Å². The highest BCUT2D eigenvalue weighted by Gasteiger charge is 2.37. The molecule has 1 aromatic carbocycles. The number of carboxylic acids is 1. The topological polar surface area (TPSA) is 90.2 Å². The van der Waals surface area contributed by atoms with Gasteiger partial charge in [0.05, 0.1) is 29.2 Å². The largest absolute Gasteiger partial charge is 0.481 e. The molecule has 1 aromatic rings. The van der Waals surface area contributed by atoms with Crippen LogP contribution in [0.4, 0.5) is 10.1 Å². The van der Waals surface area contributed by atoms with Crippen molar-refractivity contribution in [2.45, 2.75) is 19.3 Å². The fraction of sp³-hybridized carbons (Fsp3) is 0.357. The van der Waals surface area contributed by atoms with Crippen LogP contribution in [0.15, 0.2) is 18.2 Å². The summed E-state index contributed by atoms with van der Waals surface area (Å²) in [6.07, 6.45) is 1.62. The van der Waals surface area contributed by atoms with E-state index in [0.29, 0.717) is 19.3 Å². The second-order valence-corrected chi connectivity index (χ2v) is 4.78. The van der Waals surface area contributed by atoms with Crippen molar-refractivity contribution in [1.82, 2.24) is 0 Å². The van der Waals surface area contributed by atoms with Crippen LogP contribution in [0.25, 0.3) is 0 Å². The van der Waals surface area contributed by atoms with Gasteiger partial charge in [0, 0.05) is 0 Å². The molecule has 5 nitrogen and oxygen atoms in total. The molecule has 2 N–H and O–H groups in total. The monoisotopic (exact) mass is 276 g/mol. The summed E-state index contributed by atoms with van der Waals surface area (Å²) in [7, 11) is 0. The summed E-state index contributed by atoms with van der Waals surface area (Å²) in [5, 5.41) is 20.1. The molecule has 2 atom stereocenters. The zero-order chi connectivity index (χ0) is 14.7. The Morgan fingerprint density at radius 1 is 1.35 bits per heavy atom. The molecule has 0 saturated heterocycles. The van der Waals surface area contributed by atoms with Crippen LogP contribution in [0, 0.1) is 29.0 Å². The summed E-state index contributed by atoms with van der Waals surface area (Å²) in [6.45, 7) is 0.